The van der Waals surface area contributed by atoms with Crippen molar-refractivity contribution in [3.05, 3.63) is 48.3 Å². The summed E-state index contributed by atoms with van der Waals surface area (Å²) in [5.74, 6) is -0.587. The predicted octanol–water partition coefficient (Wildman–Crippen LogP) is 1.71. The first-order valence-corrected chi connectivity index (χ1v) is 6.89. The lowest BCUT2D eigenvalue weighted by atomic mass is 10.2. The first-order valence-electron chi connectivity index (χ1n) is 6.89. The summed E-state index contributed by atoms with van der Waals surface area (Å²) in [7, 11) is 1.30. The largest absolute Gasteiger partial charge is 0.469 e. The normalized spacial score (nSPS) is 10.0. The molecule has 22 heavy (non-hydrogen) atoms. The van der Waals surface area contributed by atoms with Gasteiger partial charge < -0.3 is 10.1 Å². The third-order valence-electron chi connectivity index (χ3n) is 3.03. The lowest BCUT2D eigenvalue weighted by Gasteiger charge is -2.06. The smallest absolute Gasteiger partial charge is 0.306 e. The van der Waals surface area contributed by atoms with Crippen molar-refractivity contribution in [3.63, 3.8) is 0 Å². The van der Waals surface area contributed by atoms with E-state index in [1.54, 1.807) is 12.4 Å². The van der Waals surface area contributed by atoms with Crippen LogP contribution in [0.15, 0.2) is 42.7 Å². The Balaban J connectivity index is 1.84. The van der Waals surface area contributed by atoms with E-state index >= 15 is 0 Å². The number of carbonyl (C=O) groups excluding carboxylic acids is 2. The van der Waals surface area contributed by atoms with Crippen molar-refractivity contribution in [2.75, 3.05) is 7.11 Å². The van der Waals surface area contributed by atoms with E-state index in [2.05, 4.69) is 20.0 Å². The van der Waals surface area contributed by atoms with Gasteiger partial charge in [-0.05, 0) is 23.8 Å². The van der Waals surface area contributed by atoms with E-state index in [-0.39, 0.29) is 18.7 Å². The van der Waals surface area contributed by atoms with Gasteiger partial charge in [-0.1, -0.05) is 12.1 Å². The molecule has 0 aliphatic rings. The van der Waals surface area contributed by atoms with Gasteiger partial charge in [0.2, 0.25) is 5.91 Å². The van der Waals surface area contributed by atoms with Crippen LogP contribution in [0.4, 0.5) is 0 Å². The standard InChI is InChI=1S/C16H17N3O3/c1-22-16(21)8-7-15(20)19-11-12-5-6-14(18-10-12)13-4-2-3-9-17-13/h2-6,9-10H,7-8,11H2,1H3,(H,19,20). The van der Waals surface area contributed by atoms with Crippen molar-refractivity contribution < 1.29 is 14.3 Å². The molecule has 0 spiro atoms. The molecule has 0 fully saturated rings. The molecule has 6 nitrogen and oxygen atoms in total. The van der Waals surface area contributed by atoms with Crippen LogP contribution in [-0.4, -0.2) is 29.0 Å². The van der Waals surface area contributed by atoms with Crippen LogP contribution in [0.3, 0.4) is 0 Å². The Bertz CT molecular complexity index is 627. The average molecular weight is 299 g/mol. The molecular weight excluding hydrogens is 282 g/mol. The molecule has 2 heterocycles. The number of esters is 1. The second kappa shape index (κ2) is 7.87. The van der Waals surface area contributed by atoms with E-state index in [4.69, 9.17) is 0 Å². The molecule has 0 atom stereocenters. The number of methoxy groups -OCH3 is 1. The zero-order chi connectivity index (χ0) is 15.8. The molecule has 0 aliphatic heterocycles. The minimum Gasteiger partial charge on any atom is -0.469 e. The summed E-state index contributed by atoms with van der Waals surface area (Å²) in [5, 5.41) is 2.74. The molecule has 0 unspecified atom stereocenters. The molecule has 1 amide bonds. The Kier molecular flexibility index (Phi) is 5.59. The van der Waals surface area contributed by atoms with Crippen LogP contribution < -0.4 is 5.32 Å². The van der Waals surface area contributed by atoms with Gasteiger partial charge in [0.1, 0.15) is 0 Å². The highest BCUT2D eigenvalue weighted by Gasteiger charge is 2.07. The van der Waals surface area contributed by atoms with Crippen molar-refractivity contribution in [1.82, 2.24) is 15.3 Å². The van der Waals surface area contributed by atoms with Gasteiger partial charge >= 0.3 is 5.97 Å². The third-order valence-corrected chi connectivity index (χ3v) is 3.03. The number of ether oxygens (including phenoxy) is 1. The van der Waals surface area contributed by atoms with Gasteiger partial charge in [0.25, 0.3) is 0 Å². The van der Waals surface area contributed by atoms with Crippen LogP contribution in [0.25, 0.3) is 11.4 Å². The predicted molar refractivity (Wildman–Crippen MR) is 80.6 cm³/mol. The Morgan fingerprint density at radius 3 is 2.55 bits per heavy atom. The number of nitrogens with zero attached hydrogens (tertiary/aromatic N) is 2. The number of pyridine rings is 2. The maximum atomic E-state index is 11.6. The number of aromatic nitrogens is 2. The van der Waals surface area contributed by atoms with Gasteiger partial charge in [-0.15, -0.1) is 0 Å². The molecule has 0 aliphatic carbocycles. The molecule has 0 aromatic carbocycles. The number of hydrogen-bond donors (Lipinski definition) is 1. The summed E-state index contributed by atoms with van der Waals surface area (Å²) in [6.45, 7) is 0.371. The fraction of sp³-hybridized carbons (Fsp3) is 0.250. The number of hydrogen-bond acceptors (Lipinski definition) is 5. The summed E-state index contributed by atoms with van der Waals surface area (Å²) in [4.78, 5) is 31.1. The quantitative estimate of drug-likeness (QED) is 0.821. The Hall–Kier alpha value is -2.76. The summed E-state index contributed by atoms with van der Waals surface area (Å²) >= 11 is 0. The van der Waals surface area contributed by atoms with Gasteiger partial charge in [-0.2, -0.15) is 0 Å². The first-order chi connectivity index (χ1) is 10.7. The summed E-state index contributed by atoms with van der Waals surface area (Å²) in [6.07, 6.45) is 3.61. The fourth-order valence-corrected chi connectivity index (χ4v) is 1.80. The van der Waals surface area contributed by atoms with E-state index < -0.39 is 5.97 Å². The third kappa shape index (κ3) is 4.66. The molecule has 0 radical (unpaired) electrons. The Labute approximate surface area is 128 Å². The number of amides is 1. The van der Waals surface area contributed by atoms with Crippen LogP contribution in [0.2, 0.25) is 0 Å². The van der Waals surface area contributed by atoms with Crippen LogP contribution in [0, 0.1) is 0 Å². The van der Waals surface area contributed by atoms with E-state index in [9.17, 15) is 9.59 Å². The van der Waals surface area contributed by atoms with Crippen molar-refractivity contribution >= 4 is 11.9 Å². The van der Waals surface area contributed by atoms with Crippen molar-refractivity contribution in [2.45, 2.75) is 19.4 Å². The lowest BCUT2D eigenvalue weighted by Crippen LogP contribution is -2.23. The maximum absolute atomic E-state index is 11.6. The van der Waals surface area contributed by atoms with Gasteiger partial charge in [0.15, 0.2) is 0 Å². The highest BCUT2D eigenvalue weighted by Crippen LogP contribution is 2.13. The molecule has 0 saturated carbocycles. The number of carbonyl (C=O) groups is 2. The van der Waals surface area contributed by atoms with Crippen LogP contribution >= 0.6 is 0 Å². The van der Waals surface area contributed by atoms with Crippen molar-refractivity contribution in [2.24, 2.45) is 0 Å². The maximum Gasteiger partial charge on any atom is 0.306 e. The number of nitrogens with one attached hydrogen (secondary N) is 1. The molecule has 114 valence electrons. The molecule has 0 saturated heterocycles. The van der Waals surface area contributed by atoms with E-state index in [0.29, 0.717) is 6.54 Å². The highest BCUT2D eigenvalue weighted by molar-refractivity contribution is 5.81. The second-order valence-electron chi connectivity index (χ2n) is 4.62. The second-order valence-corrected chi connectivity index (χ2v) is 4.62. The molecular formula is C16H17N3O3. The van der Waals surface area contributed by atoms with E-state index in [0.717, 1.165) is 17.0 Å². The molecule has 2 rings (SSSR count). The minimum absolute atomic E-state index is 0.0825. The number of rotatable bonds is 6. The Morgan fingerprint density at radius 2 is 1.91 bits per heavy atom. The summed E-state index contributed by atoms with van der Waals surface area (Å²) in [5.41, 5.74) is 2.46. The zero-order valence-electron chi connectivity index (χ0n) is 12.3. The SMILES string of the molecule is COC(=O)CCC(=O)NCc1ccc(-c2ccccn2)nc1. The van der Waals surface area contributed by atoms with Gasteiger partial charge in [0.05, 0.1) is 24.9 Å². The van der Waals surface area contributed by atoms with Gasteiger partial charge in [0, 0.05) is 25.4 Å². The molecule has 2 aromatic rings. The van der Waals surface area contributed by atoms with Crippen molar-refractivity contribution in [1.29, 1.82) is 0 Å². The molecule has 6 heteroatoms. The minimum atomic E-state index is -0.392. The fourth-order valence-electron chi connectivity index (χ4n) is 1.80. The molecule has 2 aromatic heterocycles. The Morgan fingerprint density at radius 1 is 1.09 bits per heavy atom. The van der Waals surface area contributed by atoms with Crippen LogP contribution in [0.1, 0.15) is 18.4 Å². The summed E-state index contributed by atoms with van der Waals surface area (Å²) < 4.78 is 4.48. The topological polar surface area (TPSA) is 81.2 Å². The monoisotopic (exact) mass is 299 g/mol. The van der Waals surface area contributed by atoms with Gasteiger partial charge in [-0.3, -0.25) is 19.6 Å². The van der Waals surface area contributed by atoms with Crippen LogP contribution in [-0.2, 0) is 20.9 Å². The summed E-state index contributed by atoms with van der Waals surface area (Å²) in [6, 6.07) is 9.38. The van der Waals surface area contributed by atoms with E-state index in [1.807, 2.05) is 30.3 Å². The lowest BCUT2D eigenvalue weighted by molar-refractivity contribution is -0.142. The van der Waals surface area contributed by atoms with Crippen molar-refractivity contribution in [3.8, 4) is 11.4 Å². The highest BCUT2D eigenvalue weighted by atomic mass is 16.5. The van der Waals surface area contributed by atoms with E-state index in [1.165, 1.54) is 7.11 Å². The first kappa shape index (κ1) is 15.6. The van der Waals surface area contributed by atoms with Gasteiger partial charge in [-0.25, -0.2) is 0 Å². The zero-order valence-corrected chi connectivity index (χ0v) is 12.3. The average Bonchev–Trinajstić information content (AvgIpc) is 2.59. The van der Waals surface area contributed by atoms with Crippen LogP contribution in [0.5, 0.6) is 0 Å². The molecule has 0 bridgehead atoms. The molecule has 1 N–H and O–H groups in total.